The predicted octanol–water partition coefficient (Wildman–Crippen LogP) is -0.175. The monoisotopic (exact) mass is 189 g/mol. The fourth-order valence-corrected chi connectivity index (χ4v) is 1.16. The zero-order valence-electron chi connectivity index (χ0n) is 7.44. The third kappa shape index (κ3) is 1.39. The molecule has 1 aliphatic heterocycles. The molecule has 0 aliphatic carbocycles. The van der Waals surface area contributed by atoms with Gasteiger partial charge >= 0.3 is 0 Å². The van der Waals surface area contributed by atoms with Gasteiger partial charge in [-0.1, -0.05) is 0 Å². The lowest BCUT2D eigenvalue weighted by molar-refractivity contribution is -0.123. The lowest BCUT2D eigenvalue weighted by Crippen LogP contribution is -2.21. The van der Waals surface area contributed by atoms with Crippen molar-refractivity contribution in [1.82, 2.24) is 15.3 Å². The first kappa shape index (κ1) is 8.55. The maximum atomic E-state index is 11.2. The third-order valence-corrected chi connectivity index (χ3v) is 1.85. The minimum Gasteiger partial charge on any atom is -0.289 e. The summed E-state index contributed by atoms with van der Waals surface area (Å²) >= 11 is 0. The highest BCUT2D eigenvalue weighted by molar-refractivity contribution is 6.33. The number of hydrogen-bond donors (Lipinski definition) is 1. The average molecular weight is 189 g/mol. The Balaban J connectivity index is 2.41. The van der Waals surface area contributed by atoms with E-state index in [1.807, 2.05) is 0 Å². The molecule has 0 aromatic carbocycles. The SMILES string of the molecule is Cc1ncc(C2=CC(=O)NC2=O)cn1. The van der Waals surface area contributed by atoms with Gasteiger partial charge in [0.1, 0.15) is 5.82 Å². The molecule has 2 amide bonds. The smallest absolute Gasteiger partial charge is 0.259 e. The number of imide groups is 1. The Labute approximate surface area is 79.9 Å². The van der Waals surface area contributed by atoms with Gasteiger partial charge in [0.05, 0.1) is 5.57 Å². The van der Waals surface area contributed by atoms with Crippen LogP contribution in [0.15, 0.2) is 18.5 Å². The van der Waals surface area contributed by atoms with E-state index >= 15 is 0 Å². The summed E-state index contributed by atoms with van der Waals surface area (Å²) in [6.07, 6.45) is 4.29. The van der Waals surface area contributed by atoms with Crippen molar-refractivity contribution in [3.63, 3.8) is 0 Å². The van der Waals surface area contributed by atoms with Crippen LogP contribution < -0.4 is 5.32 Å². The van der Waals surface area contributed by atoms with Gasteiger partial charge in [0, 0.05) is 24.0 Å². The standard InChI is InChI=1S/C9H7N3O2/c1-5-10-3-6(4-11-5)7-2-8(13)12-9(7)14/h2-4H,1H3,(H,12,13,14). The molecule has 2 heterocycles. The molecule has 1 aliphatic rings. The first-order chi connectivity index (χ1) is 6.66. The van der Waals surface area contributed by atoms with Crippen LogP contribution in [-0.2, 0) is 9.59 Å². The second kappa shape index (κ2) is 3.02. The molecule has 0 saturated heterocycles. The molecular weight excluding hydrogens is 182 g/mol. The molecule has 0 spiro atoms. The van der Waals surface area contributed by atoms with Crippen LogP contribution >= 0.6 is 0 Å². The Bertz CT molecular complexity index is 434. The normalized spacial score (nSPS) is 15.4. The van der Waals surface area contributed by atoms with Crippen molar-refractivity contribution in [2.24, 2.45) is 0 Å². The number of amides is 2. The Morgan fingerprint density at radius 3 is 2.36 bits per heavy atom. The Hall–Kier alpha value is -2.04. The number of nitrogens with zero attached hydrogens (tertiary/aromatic N) is 2. The minimum atomic E-state index is -0.401. The van der Waals surface area contributed by atoms with Crippen molar-refractivity contribution < 1.29 is 9.59 Å². The number of carbonyl (C=O) groups is 2. The second-order valence-corrected chi connectivity index (χ2v) is 2.90. The van der Waals surface area contributed by atoms with Crippen LogP contribution in [0, 0.1) is 6.92 Å². The summed E-state index contributed by atoms with van der Waals surface area (Å²) in [7, 11) is 0. The van der Waals surface area contributed by atoms with E-state index in [4.69, 9.17) is 0 Å². The number of carbonyl (C=O) groups excluding carboxylic acids is 2. The molecule has 0 fully saturated rings. The Morgan fingerprint density at radius 2 is 1.86 bits per heavy atom. The van der Waals surface area contributed by atoms with Gasteiger partial charge in [-0.05, 0) is 6.92 Å². The minimum absolute atomic E-state index is 0.315. The van der Waals surface area contributed by atoms with Gasteiger partial charge in [-0.25, -0.2) is 9.97 Å². The molecule has 0 saturated carbocycles. The van der Waals surface area contributed by atoms with Gasteiger partial charge in [0.2, 0.25) is 0 Å². The van der Waals surface area contributed by atoms with Crippen molar-refractivity contribution in [3.05, 3.63) is 29.9 Å². The van der Waals surface area contributed by atoms with Crippen LogP contribution in [0.1, 0.15) is 11.4 Å². The molecule has 5 heteroatoms. The first-order valence-electron chi connectivity index (χ1n) is 4.03. The molecule has 14 heavy (non-hydrogen) atoms. The molecule has 1 N–H and O–H groups in total. The largest absolute Gasteiger partial charge is 0.289 e. The third-order valence-electron chi connectivity index (χ3n) is 1.85. The fourth-order valence-electron chi connectivity index (χ4n) is 1.16. The molecule has 2 rings (SSSR count). The van der Waals surface area contributed by atoms with Crippen molar-refractivity contribution in [2.75, 3.05) is 0 Å². The highest BCUT2D eigenvalue weighted by atomic mass is 16.2. The summed E-state index contributed by atoms with van der Waals surface area (Å²) in [6, 6.07) is 0. The molecule has 5 nitrogen and oxygen atoms in total. The zero-order valence-corrected chi connectivity index (χ0v) is 7.44. The Kier molecular flexibility index (Phi) is 1.85. The van der Waals surface area contributed by atoms with Crippen molar-refractivity contribution in [1.29, 1.82) is 0 Å². The van der Waals surface area contributed by atoms with E-state index in [0.717, 1.165) is 0 Å². The lowest BCUT2D eigenvalue weighted by atomic mass is 10.1. The van der Waals surface area contributed by atoms with Crippen LogP contribution in [0.3, 0.4) is 0 Å². The molecule has 0 bridgehead atoms. The maximum absolute atomic E-state index is 11.2. The molecular formula is C9H7N3O2. The number of aryl methyl sites for hydroxylation is 1. The van der Waals surface area contributed by atoms with Crippen LogP contribution in [0.25, 0.3) is 5.57 Å². The predicted molar refractivity (Wildman–Crippen MR) is 47.9 cm³/mol. The molecule has 1 aromatic heterocycles. The molecule has 0 radical (unpaired) electrons. The number of hydrogen-bond acceptors (Lipinski definition) is 4. The topological polar surface area (TPSA) is 72.0 Å². The average Bonchev–Trinajstić information content (AvgIpc) is 2.47. The summed E-state index contributed by atoms with van der Waals surface area (Å²) in [4.78, 5) is 29.9. The van der Waals surface area contributed by atoms with E-state index in [0.29, 0.717) is 17.0 Å². The fraction of sp³-hybridized carbons (Fsp3) is 0.111. The van der Waals surface area contributed by atoms with Crippen LogP contribution in [0.2, 0.25) is 0 Å². The van der Waals surface area contributed by atoms with E-state index in [9.17, 15) is 9.59 Å². The highest BCUT2D eigenvalue weighted by Gasteiger charge is 2.22. The highest BCUT2D eigenvalue weighted by Crippen LogP contribution is 2.15. The number of nitrogens with one attached hydrogen (secondary N) is 1. The van der Waals surface area contributed by atoms with E-state index in [1.54, 1.807) is 6.92 Å². The van der Waals surface area contributed by atoms with Gasteiger partial charge in [-0.2, -0.15) is 0 Å². The summed E-state index contributed by atoms with van der Waals surface area (Å²) in [6.45, 7) is 1.75. The number of aromatic nitrogens is 2. The van der Waals surface area contributed by atoms with Gasteiger partial charge < -0.3 is 0 Å². The first-order valence-corrected chi connectivity index (χ1v) is 4.03. The number of rotatable bonds is 1. The van der Waals surface area contributed by atoms with Gasteiger partial charge in [-0.15, -0.1) is 0 Å². The van der Waals surface area contributed by atoms with Gasteiger partial charge in [0.25, 0.3) is 11.8 Å². The van der Waals surface area contributed by atoms with Gasteiger partial charge in [0.15, 0.2) is 0 Å². The van der Waals surface area contributed by atoms with E-state index < -0.39 is 11.8 Å². The van der Waals surface area contributed by atoms with Crippen molar-refractivity contribution in [3.8, 4) is 0 Å². The molecule has 0 unspecified atom stereocenters. The van der Waals surface area contributed by atoms with Crippen LogP contribution in [-0.4, -0.2) is 21.8 Å². The van der Waals surface area contributed by atoms with E-state index in [1.165, 1.54) is 18.5 Å². The van der Waals surface area contributed by atoms with E-state index in [-0.39, 0.29) is 0 Å². The summed E-state index contributed by atoms with van der Waals surface area (Å²) < 4.78 is 0. The molecule has 0 atom stereocenters. The summed E-state index contributed by atoms with van der Waals surface area (Å²) in [5.41, 5.74) is 0.869. The van der Waals surface area contributed by atoms with Crippen LogP contribution in [0.4, 0.5) is 0 Å². The Morgan fingerprint density at radius 1 is 1.21 bits per heavy atom. The van der Waals surface area contributed by atoms with E-state index in [2.05, 4.69) is 15.3 Å². The lowest BCUT2D eigenvalue weighted by Gasteiger charge is -1.98. The molecule has 1 aromatic rings. The second-order valence-electron chi connectivity index (χ2n) is 2.90. The molecule has 70 valence electrons. The summed E-state index contributed by atoms with van der Waals surface area (Å²) in [5, 5.41) is 2.15. The van der Waals surface area contributed by atoms with Crippen molar-refractivity contribution >= 4 is 17.4 Å². The maximum Gasteiger partial charge on any atom is 0.259 e. The van der Waals surface area contributed by atoms with Crippen molar-refractivity contribution in [2.45, 2.75) is 6.92 Å². The van der Waals surface area contributed by atoms with Crippen LogP contribution in [0.5, 0.6) is 0 Å². The summed E-state index contributed by atoms with van der Waals surface area (Å²) in [5.74, 6) is -0.174. The quantitative estimate of drug-likeness (QED) is 0.622. The van der Waals surface area contributed by atoms with Gasteiger partial charge in [-0.3, -0.25) is 14.9 Å². The zero-order chi connectivity index (χ0) is 10.1.